The Bertz CT molecular complexity index is 389. The smallest absolute Gasteiger partial charge is 0.0627 e. The first-order valence-corrected chi connectivity index (χ1v) is 7.38. The molecule has 1 N–H and O–H groups in total. The lowest BCUT2D eigenvalue weighted by Crippen LogP contribution is -2.16. The van der Waals surface area contributed by atoms with Gasteiger partial charge in [0, 0.05) is 16.2 Å². The molecule has 0 saturated heterocycles. The lowest BCUT2D eigenvalue weighted by Gasteiger charge is -2.11. The summed E-state index contributed by atoms with van der Waals surface area (Å²) in [6.07, 6.45) is 1.73. The fourth-order valence-electron chi connectivity index (χ4n) is 3.26. The second kappa shape index (κ2) is 4.10. The predicted octanol–water partition coefficient (Wildman–Crippen LogP) is 3.90. The van der Waals surface area contributed by atoms with Crippen molar-refractivity contribution in [3.8, 4) is 0 Å². The molecule has 1 unspecified atom stereocenters. The summed E-state index contributed by atoms with van der Waals surface area (Å²) in [5, 5.41) is 10.4. The van der Waals surface area contributed by atoms with E-state index in [0.717, 1.165) is 12.8 Å². The molecule has 0 radical (unpaired) electrons. The van der Waals surface area contributed by atoms with Crippen molar-refractivity contribution in [1.82, 2.24) is 0 Å². The van der Waals surface area contributed by atoms with Gasteiger partial charge in [0.25, 0.3) is 0 Å². The maximum absolute atomic E-state index is 10.4. The van der Waals surface area contributed by atoms with Crippen LogP contribution in [-0.4, -0.2) is 11.2 Å². The summed E-state index contributed by atoms with van der Waals surface area (Å²) < 4.78 is 0. The van der Waals surface area contributed by atoms with Crippen molar-refractivity contribution in [2.45, 2.75) is 53.6 Å². The van der Waals surface area contributed by atoms with E-state index in [1.54, 1.807) is 0 Å². The number of hydrogen-bond donors (Lipinski definition) is 1. The van der Waals surface area contributed by atoms with Gasteiger partial charge < -0.3 is 5.11 Å². The molecule has 1 heterocycles. The van der Waals surface area contributed by atoms with Gasteiger partial charge in [-0.3, -0.25) is 0 Å². The molecule has 0 aromatic carbocycles. The average Bonchev–Trinajstić information content (AvgIpc) is 2.57. The molecular formula is C15H24OS. The third kappa shape index (κ3) is 2.06. The van der Waals surface area contributed by atoms with Crippen LogP contribution in [0.25, 0.3) is 0 Å². The lowest BCUT2D eigenvalue weighted by atomic mass is 10.0. The van der Waals surface area contributed by atoms with Crippen LogP contribution in [0.1, 0.15) is 44.4 Å². The monoisotopic (exact) mass is 252 g/mol. The molecule has 0 aliphatic heterocycles. The van der Waals surface area contributed by atoms with Gasteiger partial charge in [-0.25, -0.2) is 0 Å². The minimum absolute atomic E-state index is 0.191. The molecule has 96 valence electrons. The van der Waals surface area contributed by atoms with Gasteiger partial charge in [0.2, 0.25) is 0 Å². The molecule has 0 bridgehead atoms. The topological polar surface area (TPSA) is 20.2 Å². The molecule has 17 heavy (non-hydrogen) atoms. The van der Waals surface area contributed by atoms with Crippen LogP contribution < -0.4 is 0 Å². The molecular weight excluding hydrogens is 228 g/mol. The van der Waals surface area contributed by atoms with E-state index in [9.17, 15) is 5.11 Å². The zero-order valence-electron chi connectivity index (χ0n) is 11.6. The van der Waals surface area contributed by atoms with Crippen LogP contribution in [-0.2, 0) is 12.8 Å². The largest absolute Gasteiger partial charge is 0.392 e. The number of rotatable bonds is 4. The summed E-state index contributed by atoms with van der Waals surface area (Å²) in [7, 11) is 0. The molecule has 2 heteroatoms. The van der Waals surface area contributed by atoms with E-state index in [1.165, 1.54) is 9.75 Å². The zero-order valence-corrected chi connectivity index (χ0v) is 12.4. The highest BCUT2D eigenvalue weighted by atomic mass is 32.1. The summed E-state index contributed by atoms with van der Waals surface area (Å²) in [4.78, 5) is 2.74. The van der Waals surface area contributed by atoms with Crippen LogP contribution in [0.15, 0.2) is 12.1 Å². The van der Waals surface area contributed by atoms with Crippen LogP contribution in [0.5, 0.6) is 0 Å². The Morgan fingerprint density at radius 1 is 1.18 bits per heavy atom. The van der Waals surface area contributed by atoms with E-state index < -0.39 is 0 Å². The number of aliphatic hydroxyl groups is 1. The van der Waals surface area contributed by atoms with E-state index >= 15 is 0 Å². The normalized spacial score (nSPS) is 23.6. The molecule has 1 aromatic rings. The summed E-state index contributed by atoms with van der Waals surface area (Å²) >= 11 is 1.85. The second-order valence-electron chi connectivity index (χ2n) is 6.41. The van der Waals surface area contributed by atoms with E-state index in [-0.39, 0.29) is 16.9 Å². The molecule has 1 saturated carbocycles. The summed E-state index contributed by atoms with van der Waals surface area (Å²) in [5.74, 6) is 0.433. The Morgan fingerprint density at radius 2 is 1.71 bits per heavy atom. The Hall–Kier alpha value is -0.340. The van der Waals surface area contributed by atoms with Crippen LogP contribution >= 0.6 is 11.3 Å². The molecule has 1 aliphatic carbocycles. The minimum atomic E-state index is -0.191. The molecule has 1 aromatic heterocycles. The Kier molecular flexibility index (Phi) is 3.16. The minimum Gasteiger partial charge on any atom is -0.392 e. The predicted molar refractivity (Wildman–Crippen MR) is 74.5 cm³/mol. The number of aryl methyl sites for hydroxylation is 1. The van der Waals surface area contributed by atoms with Crippen molar-refractivity contribution in [3.63, 3.8) is 0 Å². The van der Waals surface area contributed by atoms with Gasteiger partial charge in [-0.2, -0.15) is 0 Å². The van der Waals surface area contributed by atoms with E-state index in [4.69, 9.17) is 0 Å². The third-order valence-electron chi connectivity index (χ3n) is 4.99. The number of hydrogen-bond acceptors (Lipinski definition) is 2. The molecule has 1 aliphatic rings. The van der Waals surface area contributed by atoms with Crippen LogP contribution in [0.4, 0.5) is 0 Å². The molecule has 2 rings (SSSR count). The van der Waals surface area contributed by atoms with Crippen molar-refractivity contribution in [2.75, 3.05) is 0 Å². The van der Waals surface area contributed by atoms with E-state index in [1.807, 2.05) is 11.3 Å². The third-order valence-corrected chi connectivity index (χ3v) is 6.25. The molecule has 1 nitrogen and oxygen atoms in total. The van der Waals surface area contributed by atoms with Gasteiger partial charge in [-0.15, -0.1) is 11.3 Å². The zero-order chi connectivity index (χ0) is 12.8. The van der Waals surface area contributed by atoms with Gasteiger partial charge in [-0.05, 0) is 35.3 Å². The van der Waals surface area contributed by atoms with Gasteiger partial charge in [-0.1, -0.05) is 34.6 Å². The maximum Gasteiger partial charge on any atom is 0.0627 e. The second-order valence-corrected chi connectivity index (χ2v) is 7.67. The summed E-state index contributed by atoms with van der Waals surface area (Å²) in [6, 6.07) is 4.37. The van der Waals surface area contributed by atoms with Gasteiger partial charge in [0.05, 0.1) is 6.10 Å². The van der Waals surface area contributed by atoms with Gasteiger partial charge in [0.1, 0.15) is 0 Å². The molecule has 0 amide bonds. The Labute approximate surface area is 109 Å². The maximum atomic E-state index is 10.4. The Balaban J connectivity index is 2.01. The summed E-state index contributed by atoms with van der Waals surface area (Å²) in [6.45, 7) is 11.3. The van der Waals surface area contributed by atoms with Crippen LogP contribution in [0, 0.1) is 16.7 Å². The number of thiophene rings is 1. The lowest BCUT2D eigenvalue weighted by molar-refractivity contribution is 0.130. The highest BCUT2D eigenvalue weighted by Gasteiger charge is 2.66. The first kappa shape index (κ1) is 13.1. The van der Waals surface area contributed by atoms with Crippen LogP contribution in [0.2, 0.25) is 0 Å². The first-order valence-electron chi connectivity index (χ1n) is 6.56. The number of aliphatic hydroxyl groups excluding tert-OH is 1. The van der Waals surface area contributed by atoms with Crippen molar-refractivity contribution in [1.29, 1.82) is 0 Å². The summed E-state index contributed by atoms with van der Waals surface area (Å²) in [5.41, 5.74) is 0.550. The molecule has 0 spiro atoms. The first-order chi connectivity index (χ1) is 7.80. The van der Waals surface area contributed by atoms with Crippen molar-refractivity contribution < 1.29 is 5.11 Å². The highest BCUT2D eigenvalue weighted by molar-refractivity contribution is 7.11. The highest BCUT2D eigenvalue weighted by Crippen LogP contribution is 2.69. The van der Waals surface area contributed by atoms with Gasteiger partial charge >= 0.3 is 0 Å². The SMILES string of the molecule is CCc1ccc(CC(O)C2C(C)(C)C2(C)C)s1. The fraction of sp³-hybridized carbons (Fsp3) is 0.733. The average molecular weight is 252 g/mol. The Morgan fingerprint density at radius 3 is 2.12 bits per heavy atom. The van der Waals surface area contributed by atoms with E-state index in [0.29, 0.717) is 5.92 Å². The van der Waals surface area contributed by atoms with Crippen molar-refractivity contribution >= 4 is 11.3 Å². The van der Waals surface area contributed by atoms with Crippen LogP contribution in [0.3, 0.4) is 0 Å². The fourth-order valence-corrected chi connectivity index (χ4v) is 4.26. The standard InChI is InChI=1S/C15H24OS/c1-6-10-7-8-11(17-10)9-12(16)13-14(2,3)15(13,4)5/h7-8,12-13,16H,6,9H2,1-5H3. The molecule has 1 atom stereocenters. The van der Waals surface area contributed by atoms with Gasteiger partial charge in [0.15, 0.2) is 0 Å². The van der Waals surface area contributed by atoms with E-state index in [2.05, 4.69) is 46.8 Å². The van der Waals surface area contributed by atoms with Crippen molar-refractivity contribution in [3.05, 3.63) is 21.9 Å². The van der Waals surface area contributed by atoms with Crippen molar-refractivity contribution in [2.24, 2.45) is 16.7 Å². The molecule has 1 fully saturated rings. The quantitative estimate of drug-likeness (QED) is 0.862.